The molecule has 0 N–H and O–H groups in total. The highest BCUT2D eigenvalue weighted by molar-refractivity contribution is 4.99. The monoisotopic (exact) mass is 214 g/mol. The average Bonchev–Trinajstić information content (AvgIpc) is 2.32. The van der Waals surface area contributed by atoms with Crippen molar-refractivity contribution >= 4 is 0 Å². The van der Waals surface area contributed by atoms with Gasteiger partial charge in [-0.2, -0.15) is 0 Å². The molecule has 0 nitrogen and oxygen atoms in total. The second-order valence-corrected chi connectivity index (χ2v) is 2.68. The normalized spacial score (nSPS) is 6.60. The lowest BCUT2D eigenvalue weighted by Crippen LogP contribution is -1.74. The van der Waals surface area contributed by atoms with Gasteiger partial charge in [0, 0.05) is 0 Å². The summed E-state index contributed by atoms with van der Waals surface area (Å²) < 4.78 is 0. The van der Waals surface area contributed by atoms with E-state index < -0.39 is 0 Å². The highest BCUT2D eigenvalue weighted by Gasteiger charge is 1.84. The van der Waals surface area contributed by atoms with E-state index in [1.165, 1.54) is 25.7 Å². The number of hydrogen-bond acceptors (Lipinski definition) is 0. The summed E-state index contributed by atoms with van der Waals surface area (Å²) in [7, 11) is 0. The zero-order chi connectivity index (χ0) is 13.1. The molecule has 0 spiro atoms. The zero-order valence-corrected chi connectivity index (χ0v) is 12.3. The molecule has 0 aliphatic heterocycles. The van der Waals surface area contributed by atoms with Crippen LogP contribution in [0.5, 0.6) is 0 Å². The maximum Gasteiger partial charge on any atom is -0.0349 e. The van der Waals surface area contributed by atoms with Crippen molar-refractivity contribution in [2.24, 2.45) is 0 Å². The summed E-state index contributed by atoms with van der Waals surface area (Å²) in [5, 5.41) is 0. The van der Waals surface area contributed by atoms with Gasteiger partial charge in [0.05, 0.1) is 0 Å². The van der Waals surface area contributed by atoms with E-state index in [0.29, 0.717) is 0 Å². The summed E-state index contributed by atoms with van der Waals surface area (Å²) >= 11 is 0. The zero-order valence-electron chi connectivity index (χ0n) is 12.3. The van der Waals surface area contributed by atoms with Crippen molar-refractivity contribution in [1.82, 2.24) is 0 Å². The Kier molecular flexibility index (Phi) is 59.9. The number of rotatable bonds is 3. The molecule has 0 aliphatic carbocycles. The van der Waals surface area contributed by atoms with Crippen LogP contribution in [0.1, 0.15) is 74.1 Å². The molecule has 15 heavy (non-hydrogen) atoms. The molecule has 0 saturated carbocycles. The molecule has 0 radical (unpaired) electrons. The Morgan fingerprint density at radius 1 is 0.867 bits per heavy atom. The molecule has 0 atom stereocenters. The molecule has 0 aliphatic rings. The quantitative estimate of drug-likeness (QED) is 0.478. The summed E-state index contributed by atoms with van der Waals surface area (Å²) in [5.41, 5.74) is 1.59. The minimum absolute atomic E-state index is 1.19. The first kappa shape index (κ1) is 24.0. The second-order valence-electron chi connectivity index (χ2n) is 2.68. The minimum atomic E-state index is 1.19. The van der Waals surface area contributed by atoms with Gasteiger partial charge in [0.25, 0.3) is 0 Å². The summed E-state index contributed by atoms with van der Waals surface area (Å²) in [5.74, 6) is 0. The molecule has 0 bridgehead atoms. The van der Waals surface area contributed by atoms with Crippen LogP contribution in [-0.4, -0.2) is 0 Å². The van der Waals surface area contributed by atoms with Crippen LogP contribution in [0.4, 0.5) is 0 Å². The summed E-state index contributed by atoms with van der Waals surface area (Å²) in [4.78, 5) is 0. The largest absolute Gasteiger partial charge is 0.106 e. The van der Waals surface area contributed by atoms with Crippen LogP contribution in [0.15, 0.2) is 24.8 Å². The molecule has 0 aromatic carbocycles. The van der Waals surface area contributed by atoms with E-state index in [-0.39, 0.29) is 0 Å². The third-order valence-electron chi connectivity index (χ3n) is 1.40. The van der Waals surface area contributed by atoms with Crippen molar-refractivity contribution in [3.63, 3.8) is 0 Å². The van der Waals surface area contributed by atoms with Crippen molar-refractivity contribution in [2.75, 3.05) is 0 Å². The fourth-order valence-electron chi connectivity index (χ4n) is 0.827. The van der Waals surface area contributed by atoms with E-state index in [9.17, 15) is 0 Å². The Labute approximate surface area is 99.5 Å². The average molecular weight is 214 g/mol. The van der Waals surface area contributed by atoms with E-state index in [4.69, 9.17) is 0 Å². The van der Waals surface area contributed by atoms with Crippen LogP contribution in [0.3, 0.4) is 0 Å². The Morgan fingerprint density at radius 2 is 1.13 bits per heavy atom. The van der Waals surface area contributed by atoms with Crippen LogP contribution in [0.25, 0.3) is 0 Å². The third kappa shape index (κ3) is 42.3. The maximum absolute atomic E-state index is 3.00. The predicted octanol–water partition coefficient (Wildman–Crippen LogP) is 6.39. The van der Waals surface area contributed by atoms with Gasteiger partial charge in [-0.1, -0.05) is 66.5 Å². The highest BCUT2D eigenvalue weighted by Crippen LogP contribution is 2.05. The van der Waals surface area contributed by atoms with Crippen molar-refractivity contribution in [1.29, 1.82) is 0 Å². The standard InChI is InChI=1S/C8H16.C3H8.C2H6.C2H4/c1-4-7-8(5-2)6-3;1-3-2;2*1-2/h7H,4-6H2,1-3H3;3H2,1-2H3;1-2H3;1-2H2. The summed E-state index contributed by atoms with van der Waals surface area (Å²) in [6.07, 6.45) is 7.21. The molecular weight excluding hydrogens is 180 g/mol. The molecule has 0 heteroatoms. The van der Waals surface area contributed by atoms with Gasteiger partial charge in [0.2, 0.25) is 0 Å². The Morgan fingerprint density at radius 3 is 1.20 bits per heavy atom. The highest BCUT2D eigenvalue weighted by atomic mass is 13.9. The lowest BCUT2D eigenvalue weighted by Gasteiger charge is -1.95. The first-order valence-electron chi connectivity index (χ1n) is 6.44. The van der Waals surface area contributed by atoms with Gasteiger partial charge < -0.3 is 0 Å². The van der Waals surface area contributed by atoms with Gasteiger partial charge in [0.15, 0.2) is 0 Å². The summed E-state index contributed by atoms with van der Waals surface area (Å²) in [6.45, 7) is 20.9. The third-order valence-corrected chi connectivity index (χ3v) is 1.40. The van der Waals surface area contributed by atoms with E-state index in [1.807, 2.05) is 13.8 Å². The van der Waals surface area contributed by atoms with E-state index in [0.717, 1.165) is 0 Å². The Hall–Kier alpha value is -0.520. The van der Waals surface area contributed by atoms with E-state index >= 15 is 0 Å². The van der Waals surface area contributed by atoms with E-state index in [2.05, 4.69) is 53.9 Å². The fourth-order valence-corrected chi connectivity index (χ4v) is 0.827. The molecule has 0 rings (SSSR count). The van der Waals surface area contributed by atoms with E-state index in [1.54, 1.807) is 5.57 Å². The predicted molar refractivity (Wildman–Crippen MR) is 77.5 cm³/mol. The lowest BCUT2D eigenvalue weighted by molar-refractivity contribution is 0.955. The van der Waals surface area contributed by atoms with Gasteiger partial charge in [-0.25, -0.2) is 0 Å². The van der Waals surface area contributed by atoms with Gasteiger partial charge in [-0.15, -0.1) is 13.2 Å². The Bertz CT molecular complexity index is 84.2. The topological polar surface area (TPSA) is 0 Å². The molecule has 0 aromatic rings. The van der Waals surface area contributed by atoms with Crippen LogP contribution in [0, 0.1) is 0 Å². The van der Waals surface area contributed by atoms with Crippen molar-refractivity contribution < 1.29 is 0 Å². The van der Waals surface area contributed by atoms with Crippen molar-refractivity contribution in [3.05, 3.63) is 24.8 Å². The van der Waals surface area contributed by atoms with Gasteiger partial charge >= 0.3 is 0 Å². The van der Waals surface area contributed by atoms with Crippen LogP contribution in [0.2, 0.25) is 0 Å². The molecule has 0 aromatic heterocycles. The first-order valence-corrected chi connectivity index (χ1v) is 6.44. The summed E-state index contributed by atoms with van der Waals surface area (Å²) in [6, 6.07) is 0. The van der Waals surface area contributed by atoms with Gasteiger partial charge in [-0.05, 0) is 19.3 Å². The molecule has 0 unspecified atom stereocenters. The second kappa shape index (κ2) is 37.5. The van der Waals surface area contributed by atoms with Gasteiger partial charge in [-0.3, -0.25) is 0 Å². The van der Waals surface area contributed by atoms with Crippen LogP contribution < -0.4 is 0 Å². The first-order chi connectivity index (χ1) is 7.26. The van der Waals surface area contributed by atoms with Crippen LogP contribution in [-0.2, 0) is 0 Å². The Balaban J connectivity index is -0.0000000726. The van der Waals surface area contributed by atoms with Crippen molar-refractivity contribution in [3.8, 4) is 0 Å². The molecule has 0 saturated heterocycles. The molecule has 0 heterocycles. The molecule has 0 amide bonds. The van der Waals surface area contributed by atoms with Crippen LogP contribution >= 0.6 is 0 Å². The van der Waals surface area contributed by atoms with Gasteiger partial charge in [0.1, 0.15) is 0 Å². The van der Waals surface area contributed by atoms with Crippen molar-refractivity contribution in [2.45, 2.75) is 74.1 Å². The smallest absolute Gasteiger partial charge is 0.0349 e. The maximum atomic E-state index is 3.00. The minimum Gasteiger partial charge on any atom is -0.106 e. The molecule has 94 valence electrons. The fraction of sp³-hybridized carbons (Fsp3) is 0.733. The number of allylic oxidation sites excluding steroid dienone is 2. The SMILES string of the molecule is C=C.CC.CCC.CCC=C(CC)CC. The molecule has 0 fully saturated rings. The number of hydrogen-bond donors (Lipinski definition) is 0. The lowest BCUT2D eigenvalue weighted by atomic mass is 10.1. The molecular formula is C15H34.